The first-order valence-corrected chi connectivity index (χ1v) is 7.97. The summed E-state index contributed by atoms with van der Waals surface area (Å²) in [7, 11) is -0.871. The number of anilines is 1. The summed E-state index contributed by atoms with van der Waals surface area (Å²) >= 11 is 0. The van der Waals surface area contributed by atoms with E-state index in [0.717, 1.165) is 0 Å². The smallest absolute Gasteiger partial charge is 0.319 e. The maximum Gasteiger partial charge on any atom is 0.319 e. The molecule has 1 unspecified atom stereocenters. The van der Waals surface area contributed by atoms with Crippen LogP contribution in [0.4, 0.5) is 10.5 Å². The molecular weight excluding hydrogens is 280 g/mol. The molecule has 1 aliphatic rings. The SMILES string of the molecule is CCS(=O)CCNC(=O)Nc1ccc2c(c1)OCCO2. The lowest BCUT2D eigenvalue weighted by Crippen LogP contribution is -2.32. The van der Waals surface area contributed by atoms with Crippen LogP contribution in [0.25, 0.3) is 0 Å². The van der Waals surface area contributed by atoms with Gasteiger partial charge in [-0.25, -0.2) is 4.79 Å². The van der Waals surface area contributed by atoms with Crippen LogP contribution in [-0.2, 0) is 10.8 Å². The Balaban J connectivity index is 1.83. The van der Waals surface area contributed by atoms with E-state index in [-0.39, 0.29) is 6.03 Å². The maximum absolute atomic E-state index is 11.7. The predicted molar refractivity (Wildman–Crippen MR) is 78.0 cm³/mol. The zero-order valence-electron chi connectivity index (χ0n) is 11.3. The molecule has 0 bridgehead atoms. The number of benzene rings is 1. The number of rotatable bonds is 5. The van der Waals surface area contributed by atoms with Crippen LogP contribution in [0.2, 0.25) is 0 Å². The van der Waals surface area contributed by atoms with Gasteiger partial charge in [-0.3, -0.25) is 4.21 Å². The highest BCUT2D eigenvalue weighted by molar-refractivity contribution is 7.84. The molecule has 2 amide bonds. The Morgan fingerprint density at radius 3 is 2.80 bits per heavy atom. The van der Waals surface area contributed by atoms with Crippen LogP contribution in [0.1, 0.15) is 6.92 Å². The van der Waals surface area contributed by atoms with Crippen LogP contribution in [-0.4, -0.2) is 41.5 Å². The van der Waals surface area contributed by atoms with Gasteiger partial charge in [0.15, 0.2) is 11.5 Å². The number of carbonyl (C=O) groups is 1. The quantitative estimate of drug-likeness (QED) is 0.860. The molecule has 7 heteroatoms. The van der Waals surface area contributed by atoms with Crippen molar-refractivity contribution >= 4 is 22.5 Å². The van der Waals surface area contributed by atoms with E-state index in [1.807, 2.05) is 6.92 Å². The van der Waals surface area contributed by atoms with Crippen molar-refractivity contribution in [2.24, 2.45) is 0 Å². The molecule has 1 aliphatic heterocycles. The zero-order valence-corrected chi connectivity index (χ0v) is 12.1. The van der Waals surface area contributed by atoms with Gasteiger partial charge in [-0.05, 0) is 12.1 Å². The number of nitrogens with one attached hydrogen (secondary N) is 2. The summed E-state index contributed by atoms with van der Waals surface area (Å²) in [6.45, 7) is 3.28. The van der Waals surface area contributed by atoms with E-state index in [1.54, 1.807) is 18.2 Å². The van der Waals surface area contributed by atoms with Crippen molar-refractivity contribution in [3.63, 3.8) is 0 Å². The van der Waals surface area contributed by atoms with Crippen LogP contribution in [0.3, 0.4) is 0 Å². The Morgan fingerprint density at radius 2 is 2.05 bits per heavy atom. The third kappa shape index (κ3) is 4.12. The lowest BCUT2D eigenvalue weighted by Gasteiger charge is -2.19. The van der Waals surface area contributed by atoms with Crippen LogP contribution in [0.5, 0.6) is 11.5 Å². The highest BCUT2D eigenvalue weighted by Crippen LogP contribution is 2.32. The minimum Gasteiger partial charge on any atom is -0.486 e. The number of ether oxygens (including phenoxy) is 2. The normalized spacial score (nSPS) is 14.4. The van der Waals surface area contributed by atoms with Crippen LogP contribution < -0.4 is 20.1 Å². The first-order chi connectivity index (χ1) is 9.69. The molecule has 20 heavy (non-hydrogen) atoms. The molecule has 1 heterocycles. The Kier molecular flexibility index (Phi) is 5.23. The van der Waals surface area contributed by atoms with Crippen molar-refractivity contribution in [2.75, 3.05) is 36.6 Å². The average Bonchev–Trinajstić information content (AvgIpc) is 2.47. The second-order valence-electron chi connectivity index (χ2n) is 4.17. The summed E-state index contributed by atoms with van der Waals surface area (Å²) in [6.07, 6.45) is 0. The second kappa shape index (κ2) is 7.14. The molecule has 6 nitrogen and oxygen atoms in total. The van der Waals surface area contributed by atoms with E-state index in [1.165, 1.54) is 0 Å². The summed E-state index contributed by atoms with van der Waals surface area (Å²) in [5.41, 5.74) is 0.628. The number of fused-ring (bicyclic) bond motifs is 1. The average molecular weight is 298 g/mol. The summed E-state index contributed by atoms with van der Waals surface area (Å²) in [5.74, 6) is 2.37. The third-order valence-corrected chi connectivity index (χ3v) is 4.04. The molecule has 2 rings (SSSR count). The molecule has 0 aliphatic carbocycles. The van der Waals surface area contributed by atoms with Crippen LogP contribution in [0.15, 0.2) is 18.2 Å². The van der Waals surface area contributed by atoms with E-state index in [4.69, 9.17) is 9.47 Å². The van der Waals surface area contributed by atoms with Gasteiger partial charge in [-0.15, -0.1) is 0 Å². The number of hydrogen-bond donors (Lipinski definition) is 2. The van der Waals surface area contributed by atoms with E-state index in [0.29, 0.717) is 48.5 Å². The van der Waals surface area contributed by atoms with E-state index >= 15 is 0 Å². The van der Waals surface area contributed by atoms with Gasteiger partial charge in [0, 0.05) is 40.6 Å². The van der Waals surface area contributed by atoms with Gasteiger partial charge in [-0.1, -0.05) is 6.92 Å². The van der Waals surface area contributed by atoms with Crippen molar-refractivity contribution in [1.29, 1.82) is 0 Å². The molecule has 1 aromatic carbocycles. The Labute approximate surface area is 120 Å². The van der Waals surface area contributed by atoms with Crippen molar-refractivity contribution in [3.8, 4) is 11.5 Å². The number of carbonyl (C=O) groups excluding carboxylic acids is 1. The van der Waals surface area contributed by atoms with Gasteiger partial charge in [0.1, 0.15) is 13.2 Å². The van der Waals surface area contributed by atoms with E-state index in [2.05, 4.69) is 10.6 Å². The highest BCUT2D eigenvalue weighted by Gasteiger charge is 2.12. The summed E-state index contributed by atoms with van der Waals surface area (Å²) in [5, 5.41) is 5.36. The molecule has 0 radical (unpaired) electrons. The number of hydrogen-bond acceptors (Lipinski definition) is 4. The molecule has 0 spiro atoms. The topological polar surface area (TPSA) is 76.7 Å². The van der Waals surface area contributed by atoms with Crippen LogP contribution in [0, 0.1) is 0 Å². The Morgan fingerprint density at radius 1 is 1.30 bits per heavy atom. The summed E-state index contributed by atoms with van der Waals surface area (Å²) in [6, 6.07) is 4.90. The second-order valence-corrected chi connectivity index (χ2v) is 6.04. The molecule has 0 saturated heterocycles. The third-order valence-electron chi connectivity index (χ3n) is 2.74. The van der Waals surface area contributed by atoms with Gasteiger partial charge in [0.2, 0.25) is 0 Å². The highest BCUT2D eigenvalue weighted by atomic mass is 32.2. The molecule has 110 valence electrons. The largest absolute Gasteiger partial charge is 0.486 e. The Bertz CT molecular complexity index is 507. The summed E-state index contributed by atoms with van der Waals surface area (Å²) < 4.78 is 22.1. The molecule has 1 atom stereocenters. The van der Waals surface area contributed by atoms with Crippen molar-refractivity contribution in [3.05, 3.63) is 18.2 Å². The fourth-order valence-corrected chi connectivity index (χ4v) is 2.34. The molecule has 0 saturated carbocycles. The lowest BCUT2D eigenvalue weighted by atomic mass is 10.2. The first-order valence-electron chi connectivity index (χ1n) is 6.48. The molecule has 0 aromatic heterocycles. The number of amides is 2. The monoisotopic (exact) mass is 298 g/mol. The van der Waals surface area contributed by atoms with Gasteiger partial charge in [-0.2, -0.15) is 0 Å². The van der Waals surface area contributed by atoms with Crippen molar-refractivity contribution in [1.82, 2.24) is 5.32 Å². The van der Waals surface area contributed by atoms with Crippen molar-refractivity contribution in [2.45, 2.75) is 6.92 Å². The van der Waals surface area contributed by atoms with Gasteiger partial charge >= 0.3 is 6.03 Å². The minimum atomic E-state index is -0.871. The minimum absolute atomic E-state index is 0.324. The fraction of sp³-hybridized carbons (Fsp3) is 0.462. The van der Waals surface area contributed by atoms with Crippen LogP contribution >= 0.6 is 0 Å². The Hall–Kier alpha value is -1.76. The molecule has 0 fully saturated rings. The molecular formula is C13H18N2O4S. The van der Waals surface area contributed by atoms with E-state index < -0.39 is 10.8 Å². The maximum atomic E-state index is 11.7. The number of urea groups is 1. The standard InChI is InChI=1S/C13H18N2O4S/c1-2-20(17)8-5-14-13(16)15-10-3-4-11-12(9-10)19-7-6-18-11/h3-4,9H,2,5-8H2,1H3,(H2,14,15,16). The van der Waals surface area contributed by atoms with E-state index in [9.17, 15) is 9.00 Å². The summed E-state index contributed by atoms with van der Waals surface area (Å²) in [4.78, 5) is 11.7. The van der Waals surface area contributed by atoms with Crippen molar-refractivity contribution < 1.29 is 18.5 Å². The first kappa shape index (κ1) is 14.6. The van der Waals surface area contributed by atoms with Gasteiger partial charge in [0.05, 0.1) is 0 Å². The fourth-order valence-electron chi connectivity index (χ4n) is 1.72. The predicted octanol–water partition coefficient (Wildman–Crippen LogP) is 1.35. The van der Waals surface area contributed by atoms with Gasteiger partial charge < -0.3 is 20.1 Å². The van der Waals surface area contributed by atoms with Gasteiger partial charge in [0.25, 0.3) is 0 Å². The molecule has 1 aromatic rings. The lowest BCUT2D eigenvalue weighted by molar-refractivity contribution is 0.171. The zero-order chi connectivity index (χ0) is 14.4. The molecule has 2 N–H and O–H groups in total.